The second-order valence-electron chi connectivity index (χ2n) is 14.9. The maximum Gasteiger partial charge on any atom is 0.306 e. The molecule has 1 atom stereocenters. The summed E-state index contributed by atoms with van der Waals surface area (Å²) in [5, 5.41) is 0. The van der Waals surface area contributed by atoms with Crippen LogP contribution in [0.1, 0.15) is 188 Å². The molecule has 0 fully saturated rings. The number of rotatable bonds is 40. The first-order valence-electron chi connectivity index (χ1n) is 23.4. The van der Waals surface area contributed by atoms with E-state index in [1.54, 1.807) is 0 Å². The van der Waals surface area contributed by atoms with Crippen LogP contribution in [0.25, 0.3) is 0 Å². The van der Waals surface area contributed by atoms with E-state index < -0.39 is 6.10 Å². The van der Waals surface area contributed by atoms with Crippen molar-refractivity contribution in [2.45, 2.75) is 194 Å². The Kier molecular flexibility index (Phi) is 43.6. The van der Waals surface area contributed by atoms with Gasteiger partial charge in [0, 0.05) is 19.3 Å². The van der Waals surface area contributed by atoms with E-state index >= 15 is 0 Å². The zero-order valence-corrected chi connectivity index (χ0v) is 37.7. The molecule has 332 valence electrons. The molecule has 0 aliphatic heterocycles. The van der Waals surface area contributed by atoms with Crippen LogP contribution in [0.4, 0.5) is 0 Å². The zero-order chi connectivity index (χ0) is 43.0. The molecule has 0 radical (unpaired) electrons. The summed E-state index contributed by atoms with van der Waals surface area (Å²) in [6, 6.07) is 0. The molecule has 0 aliphatic rings. The fourth-order valence-electron chi connectivity index (χ4n) is 5.82. The first-order valence-corrected chi connectivity index (χ1v) is 23.4. The first kappa shape index (κ1) is 55.1. The number of hydrogen-bond acceptors (Lipinski definition) is 6. The molecule has 0 saturated heterocycles. The van der Waals surface area contributed by atoms with Gasteiger partial charge >= 0.3 is 17.9 Å². The van der Waals surface area contributed by atoms with Gasteiger partial charge in [-0.05, 0) is 96.3 Å². The van der Waals surface area contributed by atoms with Crippen molar-refractivity contribution in [1.82, 2.24) is 0 Å². The minimum atomic E-state index is -0.821. The van der Waals surface area contributed by atoms with Crippen LogP contribution in [0, 0.1) is 0 Å². The molecule has 59 heavy (non-hydrogen) atoms. The maximum absolute atomic E-state index is 12.7. The lowest BCUT2D eigenvalue weighted by Gasteiger charge is -2.18. The van der Waals surface area contributed by atoms with Crippen molar-refractivity contribution < 1.29 is 28.6 Å². The molecule has 0 saturated carbocycles. The third-order valence-electron chi connectivity index (χ3n) is 9.27. The fraction of sp³-hybridized carbons (Fsp3) is 0.604. The minimum Gasteiger partial charge on any atom is -0.462 e. The van der Waals surface area contributed by atoms with Crippen LogP contribution in [-0.4, -0.2) is 37.2 Å². The predicted octanol–water partition coefficient (Wildman–Crippen LogP) is 15.2. The van der Waals surface area contributed by atoms with Crippen LogP contribution < -0.4 is 0 Å². The van der Waals surface area contributed by atoms with Crippen molar-refractivity contribution in [2.24, 2.45) is 0 Å². The standard InChI is InChI=1S/C53H84O6/c1-4-7-10-13-16-19-21-23-25-26-28-29-31-34-37-40-43-46-52(55)58-49-50(48-57-51(54)45-42-39-36-33-18-15-12-9-6-3)59-53(56)47-44-41-38-35-32-30-27-24-22-20-17-14-11-8-5-2/h7-8,10-11,16-17,19-20,23-25,27-29,32,34-35,37,50H,4-6,9,12-15,18,21-22,26,30-31,33,36,38-49H2,1-3H3/b10-7-,11-8-,19-16-,20-17-,25-23-,27-24-,29-28-,35-32-,37-34-. The molecule has 0 amide bonds. The van der Waals surface area contributed by atoms with Crippen LogP contribution in [0.3, 0.4) is 0 Å². The molecular weight excluding hydrogens is 733 g/mol. The molecule has 0 aromatic rings. The van der Waals surface area contributed by atoms with Crippen molar-refractivity contribution in [1.29, 1.82) is 0 Å². The minimum absolute atomic E-state index is 0.114. The third kappa shape index (κ3) is 45.0. The molecule has 0 aromatic heterocycles. The van der Waals surface area contributed by atoms with Crippen molar-refractivity contribution in [3.63, 3.8) is 0 Å². The molecule has 6 heteroatoms. The highest BCUT2D eigenvalue weighted by molar-refractivity contribution is 5.71. The van der Waals surface area contributed by atoms with E-state index in [0.29, 0.717) is 19.3 Å². The van der Waals surface area contributed by atoms with Gasteiger partial charge in [0.25, 0.3) is 0 Å². The molecule has 0 N–H and O–H groups in total. The average Bonchev–Trinajstić information content (AvgIpc) is 3.23. The molecule has 0 bridgehead atoms. The fourth-order valence-corrected chi connectivity index (χ4v) is 5.82. The second kappa shape index (κ2) is 46.8. The van der Waals surface area contributed by atoms with Gasteiger partial charge in [-0.2, -0.15) is 0 Å². The summed E-state index contributed by atoms with van der Waals surface area (Å²) < 4.78 is 16.6. The van der Waals surface area contributed by atoms with E-state index in [0.717, 1.165) is 96.3 Å². The molecule has 0 heterocycles. The Morgan fingerprint density at radius 3 is 1.10 bits per heavy atom. The van der Waals surface area contributed by atoms with E-state index in [2.05, 4.69) is 130 Å². The normalized spacial score (nSPS) is 13.1. The number of esters is 3. The second-order valence-corrected chi connectivity index (χ2v) is 14.9. The Morgan fingerprint density at radius 2 is 0.678 bits per heavy atom. The number of hydrogen-bond donors (Lipinski definition) is 0. The van der Waals surface area contributed by atoms with Crippen LogP contribution in [0.5, 0.6) is 0 Å². The lowest BCUT2D eigenvalue weighted by atomic mass is 10.1. The first-order chi connectivity index (χ1) is 29.0. The van der Waals surface area contributed by atoms with Gasteiger partial charge in [0.2, 0.25) is 0 Å². The van der Waals surface area contributed by atoms with Gasteiger partial charge in [0.1, 0.15) is 13.2 Å². The topological polar surface area (TPSA) is 78.9 Å². The van der Waals surface area contributed by atoms with E-state index in [1.165, 1.54) is 38.5 Å². The lowest BCUT2D eigenvalue weighted by Crippen LogP contribution is -2.30. The summed E-state index contributed by atoms with van der Waals surface area (Å²) in [4.78, 5) is 37.7. The van der Waals surface area contributed by atoms with Crippen LogP contribution >= 0.6 is 0 Å². The highest BCUT2D eigenvalue weighted by Crippen LogP contribution is 2.12. The van der Waals surface area contributed by atoms with Gasteiger partial charge in [-0.15, -0.1) is 0 Å². The summed E-state index contributed by atoms with van der Waals surface area (Å²) in [6.07, 6.45) is 62.2. The van der Waals surface area contributed by atoms with Gasteiger partial charge in [0.05, 0.1) is 0 Å². The molecule has 0 aromatic carbocycles. The molecule has 1 unspecified atom stereocenters. The van der Waals surface area contributed by atoms with Crippen LogP contribution in [0.2, 0.25) is 0 Å². The van der Waals surface area contributed by atoms with Gasteiger partial charge in [-0.1, -0.05) is 182 Å². The highest BCUT2D eigenvalue weighted by Gasteiger charge is 2.19. The molecule has 0 rings (SSSR count). The van der Waals surface area contributed by atoms with Crippen molar-refractivity contribution in [2.75, 3.05) is 13.2 Å². The van der Waals surface area contributed by atoms with E-state index in [9.17, 15) is 14.4 Å². The van der Waals surface area contributed by atoms with Gasteiger partial charge < -0.3 is 14.2 Å². The van der Waals surface area contributed by atoms with E-state index in [4.69, 9.17) is 14.2 Å². The summed E-state index contributed by atoms with van der Waals surface area (Å²) in [7, 11) is 0. The summed E-state index contributed by atoms with van der Waals surface area (Å²) >= 11 is 0. The van der Waals surface area contributed by atoms with Crippen molar-refractivity contribution in [3.05, 3.63) is 109 Å². The highest BCUT2D eigenvalue weighted by atomic mass is 16.6. The van der Waals surface area contributed by atoms with Gasteiger partial charge in [0.15, 0.2) is 6.10 Å². The van der Waals surface area contributed by atoms with E-state index in [1.807, 2.05) is 0 Å². The predicted molar refractivity (Wildman–Crippen MR) is 251 cm³/mol. The summed E-state index contributed by atoms with van der Waals surface area (Å²) in [5.74, 6) is -1.03. The van der Waals surface area contributed by atoms with Gasteiger partial charge in [-0.3, -0.25) is 14.4 Å². The average molecular weight is 817 g/mol. The molecule has 6 nitrogen and oxygen atoms in total. The lowest BCUT2D eigenvalue weighted by molar-refractivity contribution is -0.167. The number of carbonyl (C=O) groups is 3. The number of unbranched alkanes of at least 4 members (excludes halogenated alkanes) is 11. The Labute approximate surface area is 361 Å². The SMILES string of the molecule is CC/C=C\C/C=C\C/C=C\C/C=C\C/C=C\CCCC(=O)OCC(COC(=O)CCCCCCCCCCC)OC(=O)CCCC/C=C\C/C=C\C/C=C\C/C=C\CC. The quantitative estimate of drug-likeness (QED) is 0.0265. The van der Waals surface area contributed by atoms with Gasteiger partial charge in [-0.25, -0.2) is 0 Å². The maximum atomic E-state index is 12.7. The van der Waals surface area contributed by atoms with Crippen molar-refractivity contribution >= 4 is 17.9 Å². The zero-order valence-electron chi connectivity index (χ0n) is 37.7. The summed E-state index contributed by atoms with van der Waals surface area (Å²) in [5.41, 5.74) is 0. The van der Waals surface area contributed by atoms with Crippen LogP contribution in [-0.2, 0) is 28.6 Å². The Balaban J connectivity index is 4.54. The molecular formula is C53H84O6. The molecule has 0 aliphatic carbocycles. The smallest absolute Gasteiger partial charge is 0.306 e. The third-order valence-corrected chi connectivity index (χ3v) is 9.27. The monoisotopic (exact) mass is 817 g/mol. The van der Waals surface area contributed by atoms with E-state index in [-0.39, 0.29) is 44.0 Å². The Bertz CT molecular complexity index is 1260. The Hall–Kier alpha value is -3.93. The summed E-state index contributed by atoms with van der Waals surface area (Å²) in [6.45, 7) is 6.27. The number of ether oxygens (including phenoxy) is 3. The van der Waals surface area contributed by atoms with Crippen molar-refractivity contribution in [3.8, 4) is 0 Å². The molecule has 0 spiro atoms. The Morgan fingerprint density at radius 1 is 0.356 bits per heavy atom. The largest absolute Gasteiger partial charge is 0.462 e. The van der Waals surface area contributed by atoms with Crippen LogP contribution in [0.15, 0.2) is 109 Å². The number of allylic oxidation sites excluding steroid dienone is 18. The number of carbonyl (C=O) groups excluding carboxylic acids is 3.